The molecule has 0 bridgehead atoms. The van der Waals surface area contributed by atoms with E-state index in [0.29, 0.717) is 19.1 Å². The minimum atomic E-state index is -0.124. The molecule has 0 aliphatic heterocycles. The van der Waals surface area contributed by atoms with Gasteiger partial charge in [-0.15, -0.1) is 0 Å². The van der Waals surface area contributed by atoms with Crippen LogP contribution in [0.2, 0.25) is 0 Å². The van der Waals surface area contributed by atoms with E-state index in [1.807, 2.05) is 6.92 Å². The van der Waals surface area contributed by atoms with Gasteiger partial charge in [-0.3, -0.25) is 9.59 Å². The van der Waals surface area contributed by atoms with Crippen LogP contribution in [0.4, 0.5) is 0 Å². The summed E-state index contributed by atoms with van der Waals surface area (Å²) in [5, 5.41) is 5.47. The Labute approximate surface area is 138 Å². The van der Waals surface area contributed by atoms with Crippen molar-refractivity contribution >= 4 is 11.8 Å². The Morgan fingerprint density at radius 3 is 2.78 bits per heavy atom. The molecule has 126 valence electrons. The first-order valence-electron chi connectivity index (χ1n) is 8.55. The summed E-state index contributed by atoms with van der Waals surface area (Å²) in [6.07, 6.45) is 4.30. The maximum absolute atomic E-state index is 12.1. The Balaban J connectivity index is 1.84. The molecule has 0 saturated heterocycles. The summed E-state index contributed by atoms with van der Waals surface area (Å²) in [5.41, 5.74) is 2.77. The van der Waals surface area contributed by atoms with E-state index in [2.05, 4.69) is 41.9 Å². The summed E-state index contributed by atoms with van der Waals surface area (Å²) in [6, 6.07) is 8.88. The molecule has 0 heterocycles. The number of quaternary nitrogens is 1. The SMILES string of the molecule is CCCNC(=O)CNC(=O)C[NH+](C)[C@H]1CCCc2ccccc21. The highest BCUT2D eigenvalue weighted by atomic mass is 16.2. The molecule has 0 saturated carbocycles. The minimum absolute atomic E-state index is 0.0629. The van der Waals surface area contributed by atoms with Gasteiger partial charge >= 0.3 is 0 Å². The molecule has 1 aliphatic carbocycles. The number of fused-ring (bicyclic) bond motifs is 1. The first kappa shape index (κ1) is 17.5. The second-order valence-electron chi connectivity index (χ2n) is 6.29. The third-order valence-corrected chi connectivity index (χ3v) is 4.42. The molecular weight excluding hydrogens is 290 g/mol. The van der Waals surface area contributed by atoms with Crippen LogP contribution < -0.4 is 15.5 Å². The number of aryl methyl sites for hydroxylation is 1. The van der Waals surface area contributed by atoms with Gasteiger partial charge in [0.05, 0.1) is 13.6 Å². The zero-order valence-electron chi connectivity index (χ0n) is 14.2. The predicted octanol–water partition coefficient (Wildman–Crippen LogP) is 0.221. The normalized spacial score (nSPS) is 17.9. The van der Waals surface area contributed by atoms with Crippen molar-refractivity contribution < 1.29 is 14.5 Å². The third kappa shape index (κ3) is 5.06. The minimum Gasteiger partial charge on any atom is -0.355 e. The van der Waals surface area contributed by atoms with Gasteiger partial charge in [0.1, 0.15) is 6.04 Å². The number of likely N-dealkylation sites (N-methyl/N-ethyl adjacent to an activating group) is 1. The van der Waals surface area contributed by atoms with E-state index in [-0.39, 0.29) is 18.4 Å². The molecule has 0 fully saturated rings. The summed E-state index contributed by atoms with van der Waals surface area (Å²) >= 11 is 0. The number of carbonyl (C=O) groups is 2. The Kier molecular flexibility index (Phi) is 6.59. The number of hydrogen-bond acceptors (Lipinski definition) is 2. The molecule has 0 radical (unpaired) electrons. The van der Waals surface area contributed by atoms with Crippen molar-refractivity contribution in [3.05, 3.63) is 35.4 Å². The Morgan fingerprint density at radius 1 is 1.22 bits per heavy atom. The summed E-state index contributed by atoms with van der Waals surface area (Å²) in [6.45, 7) is 3.10. The van der Waals surface area contributed by atoms with Gasteiger partial charge in [-0.25, -0.2) is 0 Å². The molecule has 0 aromatic heterocycles. The second-order valence-corrected chi connectivity index (χ2v) is 6.29. The maximum atomic E-state index is 12.1. The lowest BCUT2D eigenvalue weighted by Crippen LogP contribution is -3.10. The number of benzene rings is 1. The van der Waals surface area contributed by atoms with Crippen molar-refractivity contribution in [2.75, 3.05) is 26.7 Å². The van der Waals surface area contributed by atoms with Crippen molar-refractivity contribution in [2.24, 2.45) is 0 Å². The van der Waals surface area contributed by atoms with Crippen molar-refractivity contribution in [1.82, 2.24) is 10.6 Å². The van der Waals surface area contributed by atoms with E-state index in [1.54, 1.807) is 0 Å². The number of nitrogens with one attached hydrogen (secondary N) is 3. The Bertz CT molecular complexity index is 545. The first-order valence-corrected chi connectivity index (χ1v) is 8.55. The van der Waals surface area contributed by atoms with Crippen LogP contribution in [-0.4, -0.2) is 38.5 Å². The Hall–Kier alpha value is -1.88. The summed E-state index contributed by atoms with van der Waals surface area (Å²) in [5.74, 6) is -0.196. The van der Waals surface area contributed by atoms with Gasteiger partial charge in [0.15, 0.2) is 6.54 Å². The number of amides is 2. The first-order chi connectivity index (χ1) is 11.1. The monoisotopic (exact) mass is 318 g/mol. The fourth-order valence-electron chi connectivity index (χ4n) is 3.21. The average molecular weight is 318 g/mol. The lowest BCUT2D eigenvalue weighted by Gasteiger charge is -2.30. The van der Waals surface area contributed by atoms with Gasteiger partial charge < -0.3 is 15.5 Å². The predicted molar refractivity (Wildman–Crippen MR) is 90.2 cm³/mol. The van der Waals surface area contributed by atoms with Crippen LogP contribution in [0.1, 0.15) is 43.4 Å². The molecule has 1 unspecified atom stereocenters. The van der Waals surface area contributed by atoms with Crippen molar-refractivity contribution in [3.8, 4) is 0 Å². The lowest BCUT2D eigenvalue weighted by atomic mass is 9.87. The molecule has 1 aromatic carbocycles. The third-order valence-electron chi connectivity index (χ3n) is 4.42. The van der Waals surface area contributed by atoms with Crippen LogP contribution in [0.25, 0.3) is 0 Å². The van der Waals surface area contributed by atoms with Crippen molar-refractivity contribution in [3.63, 3.8) is 0 Å². The van der Waals surface area contributed by atoms with Crippen LogP contribution in [-0.2, 0) is 16.0 Å². The van der Waals surface area contributed by atoms with E-state index in [0.717, 1.165) is 19.3 Å². The van der Waals surface area contributed by atoms with Crippen LogP contribution >= 0.6 is 0 Å². The van der Waals surface area contributed by atoms with Crippen molar-refractivity contribution in [2.45, 2.75) is 38.6 Å². The van der Waals surface area contributed by atoms with Crippen LogP contribution in [0.3, 0.4) is 0 Å². The van der Waals surface area contributed by atoms with E-state index in [9.17, 15) is 9.59 Å². The van der Waals surface area contributed by atoms with Crippen LogP contribution in [0.15, 0.2) is 24.3 Å². The van der Waals surface area contributed by atoms with Gasteiger partial charge in [-0.05, 0) is 24.8 Å². The van der Waals surface area contributed by atoms with E-state index >= 15 is 0 Å². The molecule has 0 spiro atoms. The maximum Gasteiger partial charge on any atom is 0.275 e. The number of carbonyl (C=O) groups excluding carboxylic acids is 2. The number of hydrogen-bond donors (Lipinski definition) is 3. The molecular formula is C18H28N3O2+. The van der Waals surface area contributed by atoms with Crippen molar-refractivity contribution in [1.29, 1.82) is 0 Å². The molecule has 23 heavy (non-hydrogen) atoms. The summed E-state index contributed by atoms with van der Waals surface area (Å²) in [7, 11) is 2.06. The topological polar surface area (TPSA) is 62.6 Å². The fourth-order valence-corrected chi connectivity index (χ4v) is 3.21. The fraction of sp³-hybridized carbons (Fsp3) is 0.556. The number of rotatable bonds is 7. The highest BCUT2D eigenvalue weighted by Crippen LogP contribution is 2.27. The van der Waals surface area contributed by atoms with E-state index < -0.39 is 0 Å². The average Bonchev–Trinajstić information content (AvgIpc) is 2.57. The van der Waals surface area contributed by atoms with Crippen LogP contribution in [0, 0.1) is 0 Å². The summed E-state index contributed by atoms with van der Waals surface area (Å²) < 4.78 is 0. The molecule has 5 heteroatoms. The molecule has 2 amide bonds. The van der Waals surface area contributed by atoms with Crippen LogP contribution in [0.5, 0.6) is 0 Å². The zero-order chi connectivity index (χ0) is 16.7. The molecule has 3 N–H and O–H groups in total. The lowest BCUT2D eigenvalue weighted by molar-refractivity contribution is -0.905. The van der Waals surface area contributed by atoms with Gasteiger partial charge in [0.2, 0.25) is 5.91 Å². The Morgan fingerprint density at radius 2 is 2.00 bits per heavy atom. The van der Waals surface area contributed by atoms with E-state index in [1.165, 1.54) is 22.4 Å². The van der Waals surface area contributed by atoms with Gasteiger partial charge in [0.25, 0.3) is 5.91 Å². The highest BCUT2D eigenvalue weighted by molar-refractivity contribution is 5.84. The molecule has 2 atom stereocenters. The molecule has 2 rings (SSSR count). The largest absolute Gasteiger partial charge is 0.355 e. The quantitative estimate of drug-likeness (QED) is 0.673. The highest BCUT2D eigenvalue weighted by Gasteiger charge is 2.27. The molecule has 1 aliphatic rings. The smallest absolute Gasteiger partial charge is 0.275 e. The zero-order valence-corrected chi connectivity index (χ0v) is 14.2. The van der Waals surface area contributed by atoms with Gasteiger partial charge in [0, 0.05) is 18.5 Å². The summed E-state index contributed by atoms with van der Waals surface area (Å²) in [4.78, 5) is 24.8. The molecule has 5 nitrogen and oxygen atoms in total. The van der Waals surface area contributed by atoms with E-state index in [4.69, 9.17) is 0 Å². The standard InChI is InChI=1S/C18H27N3O2/c1-3-11-19-17(22)12-20-18(23)13-21(2)16-10-6-8-14-7-4-5-9-15(14)16/h4-5,7,9,16H,3,6,8,10-13H2,1-2H3,(H,19,22)(H,20,23)/p+1/t16-/m0/s1. The molecule has 1 aromatic rings. The second kappa shape index (κ2) is 8.67. The van der Waals surface area contributed by atoms with Gasteiger partial charge in [-0.2, -0.15) is 0 Å². The van der Waals surface area contributed by atoms with Gasteiger partial charge in [-0.1, -0.05) is 31.2 Å².